The van der Waals surface area contributed by atoms with Crippen LogP contribution in [0.4, 0.5) is 17.1 Å². The fraction of sp³-hybridized carbons (Fsp3) is 0.0833. The first-order valence-electron chi connectivity index (χ1n) is 14.7. The van der Waals surface area contributed by atoms with Gasteiger partial charge >= 0.3 is 0 Å². The highest BCUT2D eigenvalue weighted by Gasteiger charge is 2.30. The average Bonchev–Trinajstić information content (AvgIpc) is 3.68. The molecule has 0 fully saturated rings. The molecular formula is C36H29N7. The molecular weight excluding hydrogens is 530 g/mol. The van der Waals surface area contributed by atoms with Gasteiger partial charge in [0.1, 0.15) is 0 Å². The Morgan fingerprint density at radius 2 is 1.58 bits per heavy atom. The summed E-state index contributed by atoms with van der Waals surface area (Å²) in [6.07, 6.45) is 12.3. The molecule has 3 aliphatic rings. The van der Waals surface area contributed by atoms with E-state index in [1.807, 2.05) is 18.5 Å². The normalized spacial score (nSPS) is 17.1. The summed E-state index contributed by atoms with van der Waals surface area (Å²) in [6.45, 7) is 1.58. The van der Waals surface area contributed by atoms with E-state index in [1.54, 1.807) is 0 Å². The number of para-hydroxylation sites is 1. The molecule has 0 saturated heterocycles. The number of nitrogens with one attached hydrogen (secondary N) is 3. The Kier molecular flexibility index (Phi) is 5.33. The molecule has 0 amide bonds. The van der Waals surface area contributed by atoms with Gasteiger partial charge in [-0.25, -0.2) is 4.99 Å². The van der Waals surface area contributed by atoms with Crippen molar-refractivity contribution >= 4 is 44.8 Å². The van der Waals surface area contributed by atoms with E-state index in [2.05, 4.69) is 144 Å². The van der Waals surface area contributed by atoms with Crippen molar-refractivity contribution in [1.29, 1.82) is 0 Å². The second-order valence-corrected chi connectivity index (χ2v) is 11.0. The smallest absolute Gasteiger partial charge is 0.207 e. The van der Waals surface area contributed by atoms with E-state index in [0.29, 0.717) is 0 Å². The van der Waals surface area contributed by atoms with Crippen molar-refractivity contribution in [2.45, 2.75) is 6.29 Å². The molecule has 43 heavy (non-hydrogen) atoms. The van der Waals surface area contributed by atoms with Gasteiger partial charge in [0.2, 0.25) is 5.96 Å². The number of aliphatic imine (C=N–C) groups is 1. The Morgan fingerprint density at radius 3 is 2.40 bits per heavy atom. The highest BCUT2D eigenvalue weighted by molar-refractivity contribution is 6.13. The molecule has 0 saturated carbocycles. The van der Waals surface area contributed by atoms with Gasteiger partial charge < -0.3 is 20.1 Å². The number of aromatic nitrogens is 2. The predicted molar refractivity (Wildman–Crippen MR) is 176 cm³/mol. The summed E-state index contributed by atoms with van der Waals surface area (Å²) in [7, 11) is 0. The highest BCUT2D eigenvalue weighted by atomic mass is 15.3. The van der Waals surface area contributed by atoms with Crippen LogP contribution in [-0.4, -0.2) is 28.2 Å². The average molecular weight is 560 g/mol. The number of benzene rings is 4. The third-order valence-electron chi connectivity index (χ3n) is 8.66. The van der Waals surface area contributed by atoms with Crippen LogP contribution >= 0.6 is 0 Å². The lowest BCUT2D eigenvalue weighted by atomic mass is 9.93. The lowest BCUT2D eigenvalue weighted by molar-refractivity contribution is 0.378. The maximum absolute atomic E-state index is 4.64. The van der Waals surface area contributed by atoms with Gasteiger partial charge in [-0.1, -0.05) is 54.6 Å². The van der Waals surface area contributed by atoms with Crippen LogP contribution in [0.3, 0.4) is 0 Å². The van der Waals surface area contributed by atoms with Crippen LogP contribution in [0.1, 0.15) is 6.29 Å². The van der Waals surface area contributed by atoms with E-state index < -0.39 is 0 Å². The van der Waals surface area contributed by atoms with Crippen molar-refractivity contribution in [1.82, 2.24) is 25.1 Å². The third-order valence-corrected chi connectivity index (χ3v) is 8.66. The molecule has 4 aromatic carbocycles. The van der Waals surface area contributed by atoms with Gasteiger partial charge in [0.25, 0.3) is 0 Å². The van der Waals surface area contributed by atoms with E-state index in [1.165, 1.54) is 38.7 Å². The zero-order valence-electron chi connectivity index (χ0n) is 23.4. The Morgan fingerprint density at radius 1 is 0.721 bits per heavy atom. The molecule has 0 spiro atoms. The summed E-state index contributed by atoms with van der Waals surface area (Å²) in [5.41, 5.74) is 10.6. The monoisotopic (exact) mass is 559 g/mol. The Labute approximate surface area is 249 Å². The molecule has 208 valence electrons. The predicted octanol–water partition coefficient (Wildman–Crippen LogP) is 7.20. The molecule has 5 heterocycles. The number of hydrogen-bond donors (Lipinski definition) is 3. The molecule has 9 rings (SSSR count). The summed E-state index contributed by atoms with van der Waals surface area (Å²) in [5.74, 6) is 0.833. The van der Waals surface area contributed by atoms with Gasteiger partial charge in [0.15, 0.2) is 6.29 Å². The molecule has 2 aromatic heterocycles. The van der Waals surface area contributed by atoms with Crippen molar-refractivity contribution in [2.75, 3.05) is 18.0 Å². The summed E-state index contributed by atoms with van der Waals surface area (Å²) in [6, 6.07) is 33.2. The Balaban J connectivity index is 1.38. The van der Waals surface area contributed by atoms with E-state index in [-0.39, 0.29) is 6.29 Å². The van der Waals surface area contributed by atoms with Crippen LogP contribution in [0.15, 0.2) is 133 Å². The number of fused-ring (bicyclic) bond motifs is 8. The molecule has 7 heteroatoms. The van der Waals surface area contributed by atoms with Gasteiger partial charge in [0, 0.05) is 59.3 Å². The van der Waals surface area contributed by atoms with Crippen LogP contribution in [0.5, 0.6) is 0 Å². The van der Waals surface area contributed by atoms with Gasteiger partial charge in [-0.05, 0) is 65.9 Å². The van der Waals surface area contributed by atoms with Crippen molar-refractivity contribution in [2.24, 2.45) is 4.99 Å². The summed E-state index contributed by atoms with van der Waals surface area (Å²) >= 11 is 0. The minimum absolute atomic E-state index is 0.0169. The molecule has 6 aromatic rings. The third kappa shape index (κ3) is 3.68. The van der Waals surface area contributed by atoms with Gasteiger partial charge in [-0.3, -0.25) is 9.88 Å². The molecule has 0 bridgehead atoms. The van der Waals surface area contributed by atoms with Gasteiger partial charge in [-0.15, -0.1) is 0 Å². The van der Waals surface area contributed by atoms with Crippen LogP contribution in [-0.2, 0) is 0 Å². The molecule has 3 N–H and O–H groups in total. The second kappa shape index (κ2) is 9.51. The number of anilines is 3. The number of hydrogen-bond acceptors (Lipinski definition) is 5. The number of rotatable bonds is 2. The van der Waals surface area contributed by atoms with Crippen molar-refractivity contribution in [3.05, 3.63) is 128 Å². The van der Waals surface area contributed by atoms with Crippen molar-refractivity contribution < 1.29 is 0 Å². The molecule has 1 atom stereocenters. The minimum Gasteiger partial charge on any atom is -0.359 e. The highest BCUT2D eigenvalue weighted by Crippen LogP contribution is 2.54. The largest absolute Gasteiger partial charge is 0.359 e. The van der Waals surface area contributed by atoms with Crippen LogP contribution in [0, 0.1) is 0 Å². The van der Waals surface area contributed by atoms with Crippen LogP contribution in [0.25, 0.3) is 44.1 Å². The zero-order valence-corrected chi connectivity index (χ0v) is 23.4. The molecule has 3 aliphatic heterocycles. The topological polar surface area (TPSA) is 61.6 Å². The van der Waals surface area contributed by atoms with E-state index in [9.17, 15) is 0 Å². The fourth-order valence-corrected chi connectivity index (χ4v) is 6.74. The zero-order chi connectivity index (χ0) is 28.3. The van der Waals surface area contributed by atoms with Gasteiger partial charge in [-0.2, -0.15) is 0 Å². The second-order valence-electron chi connectivity index (χ2n) is 11.0. The van der Waals surface area contributed by atoms with Crippen LogP contribution < -0.4 is 20.9 Å². The fourth-order valence-electron chi connectivity index (χ4n) is 6.74. The van der Waals surface area contributed by atoms with E-state index in [4.69, 9.17) is 0 Å². The SMILES string of the molecule is C1=CN=C(n2ccc3cc4c(cc32)N(c2ccccc2)c2c(ccc3c2ccn3C2NC=CCN2)-c2ccccc2-4)NC1. The summed E-state index contributed by atoms with van der Waals surface area (Å²) in [4.78, 5) is 7.09. The molecule has 7 nitrogen and oxygen atoms in total. The number of nitrogens with zero attached hydrogens (tertiary/aromatic N) is 4. The lowest BCUT2D eigenvalue weighted by Gasteiger charge is -2.29. The van der Waals surface area contributed by atoms with Crippen molar-refractivity contribution in [3.8, 4) is 22.3 Å². The Hall–Kier alpha value is -5.53. The molecule has 1 unspecified atom stereocenters. The maximum atomic E-state index is 4.64. The molecule has 0 aliphatic carbocycles. The first kappa shape index (κ1) is 24.1. The summed E-state index contributed by atoms with van der Waals surface area (Å²) in [5, 5.41) is 12.8. The quantitative estimate of drug-likeness (QED) is 0.210. The van der Waals surface area contributed by atoms with E-state index >= 15 is 0 Å². The van der Waals surface area contributed by atoms with Crippen molar-refractivity contribution in [3.63, 3.8) is 0 Å². The maximum Gasteiger partial charge on any atom is 0.207 e. The summed E-state index contributed by atoms with van der Waals surface area (Å²) < 4.78 is 4.44. The minimum atomic E-state index is -0.0169. The standard InChI is InChI=1S/C36H29N7/c1-2-8-25(9-3-1)43-33-23-32-24(14-20-42(32)36-39-18-7-19-40-36)22-30(33)27-11-5-4-10-26(27)28-12-13-31-29(34(28)43)15-21-41(31)35-37-16-6-17-38-35/h1-16,18,20-23,35,37-38H,17,19H2,(H,39,40). The van der Waals surface area contributed by atoms with Gasteiger partial charge in [0.05, 0.1) is 22.4 Å². The lowest BCUT2D eigenvalue weighted by Crippen LogP contribution is -2.38. The molecule has 0 radical (unpaired) electrons. The van der Waals surface area contributed by atoms with Crippen LogP contribution in [0.2, 0.25) is 0 Å². The van der Waals surface area contributed by atoms with E-state index in [0.717, 1.165) is 41.5 Å². The Bertz CT molecular complexity index is 2130. The first-order valence-corrected chi connectivity index (χ1v) is 14.7. The first-order chi connectivity index (χ1) is 21.3.